The summed E-state index contributed by atoms with van der Waals surface area (Å²) in [6.45, 7) is 3.15. The average molecular weight is 511 g/mol. The molecule has 0 atom stereocenters. The summed E-state index contributed by atoms with van der Waals surface area (Å²) in [4.78, 5) is 38.2. The minimum Gasteiger partial charge on any atom is -0.309 e. The molecule has 1 spiro atoms. The van der Waals surface area contributed by atoms with Gasteiger partial charge in [0.05, 0.1) is 23.3 Å². The molecular formula is C30H30N4O2S. The summed E-state index contributed by atoms with van der Waals surface area (Å²) in [5.41, 5.74) is 2.41. The lowest BCUT2D eigenvalue weighted by Crippen LogP contribution is -2.56. The van der Waals surface area contributed by atoms with Crippen molar-refractivity contribution >= 4 is 33.5 Å². The summed E-state index contributed by atoms with van der Waals surface area (Å²) in [5, 5.41) is 1.10. The lowest BCUT2D eigenvalue weighted by molar-refractivity contribution is -0.136. The second-order valence-corrected chi connectivity index (χ2v) is 11.0. The van der Waals surface area contributed by atoms with Crippen molar-refractivity contribution in [3.8, 4) is 0 Å². The van der Waals surface area contributed by atoms with Crippen molar-refractivity contribution < 1.29 is 9.59 Å². The Morgan fingerprint density at radius 2 is 1.43 bits per heavy atom. The number of urea groups is 1. The highest BCUT2D eigenvalue weighted by Crippen LogP contribution is 2.38. The molecule has 0 saturated carbocycles. The third-order valence-corrected chi connectivity index (χ3v) is 8.67. The first kappa shape index (κ1) is 23.8. The van der Waals surface area contributed by atoms with E-state index >= 15 is 0 Å². The van der Waals surface area contributed by atoms with Gasteiger partial charge < -0.3 is 4.90 Å². The maximum atomic E-state index is 13.9. The summed E-state index contributed by atoms with van der Waals surface area (Å²) in [6.07, 6.45) is 2.02. The molecule has 6 nitrogen and oxygen atoms in total. The van der Waals surface area contributed by atoms with Crippen molar-refractivity contribution in [2.75, 3.05) is 19.6 Å². The zero-order valence-corrected chi connectivity index (χ0v) is 21.6. The molecule has 3 amide bonds. The van der Waals surface area contributed by atoms with E-state index in [0.29, 0.717) is 25.9 Å². The van der Waals surface area contributed by atoms with E-state index in [1.165, 1.54) is 15.2 Å². The van der Waals surface area contributed by atoms with E-state index in [0.717, 1.165) is 42.1 Å². The second kappa shape index (κ2) is 10.1. The molecule has 0 bridgehead atoms. The molecule has 2 aliphatic rings. The standard InChI is InChI=1S/C30H30N4O2S/c35-28-30(16-19-32(20-17-30)22-27-31-25-13-7-8-14-26(25)37-27)34(18-15-23-9-3-1-4-10-23)29(36)33(28)21-24-11-5-2-6-12-24/h1-14H,15-22H2. The van der Waals surface area contributed by atoms with Crippen molar-refractivity contribution in [1.82, 2.24) is 19.7 Å². The topological polar surface area (TPSA) is 56.8 Å². The van der Waals surface area contributed by atoms with Crippen LogP contribution in [0.5, 0.6) is 0 Å². The lowest BCUT2D eigenvalue weighted by Gasteiger charge is -2.42. The minimum absolute atomic E-state index is 0.0472. The van der Waals surface area contributed by atoms with Crippen LogP contribution < -0.4 is 0 Å². The lowest BCUT2D eigenvalue weighted by atomic mass is 9.85. The Morgan fingerprint density at radius 3 is 2.14 bits per heavy atom. The van der Waals surface area contributed by atoms with Gasteiger partial charge in [-0.15, -0.1) is 11.3 Å². The summed E-state index contributed by atoms with van der Waals surface area (Å²) in [7, 11) is 0. The Morgan fingerprint density at radius 1 is 0.784 bits per heavy atom. The van der Waals surface area contributed by atoms with Crippen LogP contribution in [0.4, 0.5) is 4.79 Å². The zero-order chi connectivity index (χ0) is 25.2. The van der Waals surface area contributed by atoms with E-state index in [9.17, 15) is 9.59 Å². The number of rotatable bonds is 7. The Hall–Kier alpha value is -3.55. The van der Waals surface area contributed by atoms with E-state index in [2.05, 4.69) is 29.2 Å². The molecule has 4 aromatic rings. The molecule has 1 aromatic heterocycles. The quantitative estimate of drug-likeness (QED) is 0.315. The first-order valence-electron chi connectivity index (χ1n) is 12.9. The number of para-hydroxylation sites is 1. The van der Waals surface area contributed by atoms with E-state index < -0.39 is 5.54 Å². The Bertz CT molecular complexity index is 1360. The molecule has 2 fully saturated rings. The summed E-state index contributed by atoms with van der Waals surface area (Å²) in [5.74, 6) is -0.0472. The predicted octanol–water partition coefficient (Wildman–Crippen LogP) is 5.34. The first-order valence-corrected chi connectivity index (χ1v) is 13.7. The van der Waals surface area contributed by atoms with Crippen molar-refractivity contribution in [2.24, 2.45) is 0 Å². The highest BCUT2D eigenvalue weighted by atomic mass is 32.1. The molecule has 3 aromatic carbocycles. The van der Waals surface area contributed by atoms with Crippen LogP contribution in [-0.4, -0.2) is 56.8 Å². The fourth-order valence-corrected chi connectivity index (χ4v) is 6.64. The molecule has 2 saturated heterocycles. The highest BCUT2D eigenvalue weighted by Gasteiger charge is 2.57. The molecule has 2 aliphatic heterocycles. The van der Waals surface area contributed by atoms with Crippen LogP contribution in [0.3, 0.4) is 0 Å². The normalized spacial score (nSPS) is 17.8. The van der Waals surface area contributed by atoms with Crippen LogP contribution in [0.25, 0.3) is 10.2 Å². The van der Waals surface area contributed by atoms with E-state index in [1.54, 1.807) is 11.3 Å². The van der Waals surface area contributed by atoms with Gasteiger partial charge in [-0.1, -0.05) is 72.8 Å². The first-order chi connectivity index (χ1) is 18.1. The number of aromatic nitrogens is 1. The van der Waals surface area contributed by atoms with E-state index in [4.69, 9.17) is 4.98 Å². The van der Waals surface area contributed by atoms with E-state index in [1.807, 2.05) is 65.6 Å². The van der Waals surface area contributed by atoms with Gasteiger partial charge in [0.25, 0.3) is 5.91 Å². The predicted molar refractivity (Wildman–Crippen MR) is 146 cm³/mol. The summed E-state index contributed by atoms with van der Waals surface area (Å²) < 4.78 is 1.20. The number of carbonyl (C=O) groups is 2. The smallest absolute Gasteiger partial charge is 0.309 e. The number of fused-ring (bicyclic) bond motifs is 1. The average Bonchev–Trinajstić information content (AvgIpc) is 3.42. The molecule has 37 heavy (non-hydrogen) atoms. The Balaban J connectivity index is 1.21. The number of carbonyl (C=O) groups excluding carboxylic acids is 2. The number of thiazole rings is 1. The van der Waals surface area contributed by atoms with Crippen LogP contribution in [0.15, 0.2) is 84.9 Å². The van der Waals surface area contributed by atoms with Gasteiger partial charge in [-0.25, -0.2) is 9.78 Å². The molecule has 7 heteroatoms. The monoisotopic (exact) mass is 510 g/mol. The molecular weight excluding hydrogens is 480 g/mol. The van der Waals surface area contributed by atoms with Gasteiger partial charge in [-0.3, -0.25) is 14.6 Å². The number of likely N-dealkylation sites (tertiary alicyclic amines) is 1. The van der Waals surface area contributed by atoms with Crippen LogP contribution in [0.1, 0.15) is 29.0 Å². The number of hydrogen-bond donors (Lipinski definition) is 0. The maximum absolute atomic E-state index is 13.9. The summed E-state index contributed by atoms with van der Waals surface area (Å²) >= 11 is 1.73. The fraction of sp³-hybridized carbons (Fsp3) is 0.300. The molecule has 0 N–H and O–H groups in total. The number of hydrogen-bond acceptors (Lipinski definition) is 5. The number of benzene rings is 3. The van der Waals surface area contributed by atoms with Gasteiger partial charge in [0, 0.05) is 19.6 Å². The van der Waals surface area contributed by atoms with Gasteiger partial charge in [0.2, 0.25) is 0 Å². The maximum Gasteiger partial charge on any atom is 0.328 e. The zero-order valence-electron chi connectivity index (χ0n) is 20.8. The SMILES string of the molecule is O=C1N(Cc2ccccc2)C(=O)C2(CCN(Cc3nc4ccccc4s3)CC2)N1CCc1ccccc1. The number of amides is 3. The van der Waals surface area contributed by atoms with Crippen LogP contribution in [0, 0.1) is 0 Å². The van der Waals surface area contributed by atoms with Gasteiger partial charge in [-0.2, -0.15) is 0 Å². The number of nitrogens with zero attached hydrogens (tertiary/aromatic N) is 4. The number of imide groups is 1. The Kier molecular flexibility index (Phi) is 6.49. The van der Waals surface area contributed by atoms with E-state index in [-0.39, 0.29) is 11.9 Å². The molecule has 0 aliphatic carbocycles. The molecule has 0 unspecified atom stereocenters. The van der Waals surface area contributed by atoms with Gasteiger partial charge in [0.15, 0.2) is 0 Å². The van der Waals surface area contributed by atoms with Crippen molar-refractivity contribution in [2.45, 2.75) is 37.9 Å². The third kappa shape index (κ3) is 4.65. The van der Waals surface area contributed by atoms with Gasteiger partial charge in [-0.05, 0) is 42.5 Å². The number of piperidine rings is 1. The fourth-order valence-electron chi connectivity index (χ4n) is 5.63. The minimum atomic E-state index is -0.773. The van der Waals surface area contributed by atoms with Crippen LogP contribution >= 0.6 is 11.3 Å². The molecule has 188 valence electrons. The Labute approximate surface area is 221 Å². The highest BCUT2D eigenvalue weighted by molar-refractivity contribution is 7.18. The second-order valence-electron chi connectivity index (χ2n) is 9.93. The largest absolute Gasteiger partial charge is 0.328 e. The van der Waals surface area contributed by atoms with Crippen molar-refractivity contribution in [3.63, 3.8) is 0 Å². The van der Waals surface area contributed by atoms with Gasteiger partial charge in [0.1, 0.15) is 10.5 Å². The summed E-state index contributed by atoms with van der Waals surface area (Å²) in [6, 6.07) is 28.0. The molecule has 3 heterocycles. The van der Waals surface area contributed by atoms with Crippen molar-refractivity contribution in [1.29, 1.82) is 0 Å². The van der Waals surface area contributed by atoms with Crippen molar-refractivity contribution in [3.05, 3.63) is 101 Å². The van der Waals surface area contributed by atoms with Crippen LogP contribution in [0.2, 0.25) is 0 Å². The molecule has 6 rings (SSSR count). The van der Waals surface area contributed by atoms with Crippen LogP contribution in [-0.2, 0) is 24.3 Å². The molecule has 0 radical (unpaired) electrons. The third-order valence-electron chi connectivity index (χ3n) is 7.65. The van der Waals surface area contributed by atoms with Gasteiger partial charge >= 0.3 is 6.03 Å².